The second kappa shape index (κ2) is 5.59. The molecule has 1 aliphatic rings. The maximum absolute atomic E-state index is 12.7. The first-order chi connectivity index (χ1) is 11.8. The Bertz CT molecular complexity index is 984. The molecule has 1 aliphatic heterocycles. The molecular formula is C19H21N3O2S. The van der Waals surface area contributed by atoms with Crippen molar-refractivity contribution in [3.63, 3.8) is 0 Å². The number of hydrogen-bond donors (Lipinski definition) is 1. The molecule has 1 amide bonds. The number of nitrogens with zero attached hydrogens (tertiary/aromatic N) is 2. The normalized spacial score (nSPS) is 15.2. The fourth-order valence-electron chi connectivity index (χ4n) is 3.28. The zero-order valence-electron chi connectivity index (χ0n) is 14.8. The van der Waals surface area contributed by atoms with E-state index in [1.165, 1.54) is 5.56 Å². The summed E-state index contributed by atoms with van der Waals surface area (Å²) < 4.78 is 7.60. The van der Waals surface area contributed by atoms with Gasteiger partial charge in [0, 0.05) is 28.6 Å². The predicted molar refractivity (Wildman–Crippen MR) is 98.7 cm³/mol. The minimum atomic E-state index is -0.0983. The topological polar surface area (TPSA) is 55.6 Å². The van der Waals surface area contributed by atoms with Gasteiger partial charge in [-0.2, -0.15) is 0 Å². The minimum absolute atomic E-state index is 0.0117. The number of thiazole rings is 1. The van der Waals surface area contributed by atoms with E-state index in [-0.39, 0.29) is 11.3 Å². The number of benzene rings is 1. The number of aryl methyl sites for hydroxylation is 2. The number of amides is 1. The molecule has 0 fully saturated rings. The van der Waals surface area contributed by atoms with Crippen molar-refractivity contribution < 1.29 is 9.53 Å². The van der Waals surface area contributed by atoms with Crippen LogP contribution in [0.25, 0.3) is 4.96 Å². The van der Waals surface area contributed by atoms with E-state index in [1.807, 2.05) is 36.6 Å². The molecule has 0 radical (unpaired) electrons. The Morgan fingerprint density at radius 1 is 1.40 bits per heavy atom. The van der Waals surface area contributed by atoms with Gasteiger partial charge in [0.25, 0.3) is 5.91 Å². The third kappa shape index (κ3) is 2.70. The number of rotatable bonds is 3. The van der Waals surface area contributed by atoms with Crippen LogP contribution in [0.5, 0.6) is 5.75 Å². The lowest BCUT2D eigenvalue weighted by atomic mass is 9.86. The Hall–Kier alpha value is -2.34. The predicted octanol–water partition coefficient (Wildman–Crippen LogP) is 3.61. The van der Waals surface area contributed by atoms with E-state index in [0.717, 1.165) is 26.8 Å². The zero-order valence-corrected chi connectivity index (χ0v) is 15.7. The molecule has 3 heterocycles. The van der Waals surface area contributed by atoms with Crippen LogP contribution >= 0.6 is 11.3 Å². The zero-order chi connectivity index (χ0) is 17.8. The minimum Gasteiger partial charge on any atom is -0.492 e. The molecule has 2 aromatic heterocycles. The molecule has 3 aromatic rings. The van der Waals surface area contributed by atoms with E-state index in [1.54, 1.807) is 11.3 Å². The van der Waals surface area contributed by atoms with Crippen molar-refractivity contribution in [1.82, 2.24) is 14.7 Å². The molecule has 0 spiro atoms. The highest BCUT2D eigenvalue weighted by molar-refractivity contribution is 7.17. The lowest BCUT2D eigenvalue weighted by Crippen LogP contribution is -2.25. The molecule has 6 heteroatoms. The maximum atomic E-state index is 12.7. The maximum Gasteiger partial charge on any atom is 0.270 e. The van der Waals surface area contributed by atoms with Gasteiger partial charge in [0.2, 0.25) is 0 Å². The van der Waals surface area contributed by atoms with Gasteiger partial charge >= 0.3 is 0 Å². The van der Waals surface area contributed by atoms with Crippen molar-refractivity contribution in [2.75, 3.05) is 6.61 Å². The summed E-state index contributed by atoms with van der Waals surface area (Å²) in [6, 6.07) is 6.14. The van der Waals surface area contributed by atoms with Crippen LogP contribution in [0.1, 0.15) is 46.0 Å². The number of aromatic nitrogens is 2. The number of ether oxygens (including phenoxy) is 1. The fraction of sp³-hybridized carbons (Fsp3) is 0.368. The van der Waals surface area contributed by atoms with Crippen LogP contribution < -0.4 is 10.1 Å². The lowest BCUT2D eigenvalue weighted by molar-refractivity contribution is 0.0944. The Balaban J connectivity index is 1.55. The molecule has 130 valence electrons. The third-order valence-corrected chi connectivity index (χ3v) is 5.54. The molecule has 0 aliphatic carbocycles. The van der Waals surface area contributed by atoms with Crippen molar-refractivity contribution in [2.45, 2.75) is 39.7 Å². The lowest BCUT2D eigenvalue weighted by Gasteiger charge is -2.16. The average Bonchev–Trinajstić information content (AvgIpc) is 3.15. The van der Waals surface area contributed by atoms with Gasteiger partial charge in [-0.3, -0.25) is 9.20 Å². The first kappa shape index (κ1) is 16.1. The number of nitrogens with one attached hydrogen (secondary N) is 1. The van der Waals surface area contributed by atoms with E-state index in [9.17, 15) is 4.79 Å². The summed E-state index contributed by atoms with van der Waals surface area (Å²) in [4.78, 5) is 19.2. The molecule has 0 bridgehead atoms. The van der Waals surface area contributed by atoms with E-state index in [2.05, 4.69) is 30.2 Å². The van der Waals surface area contributed by atoms with Crippen molar-refractivity contribution >= 4 is 22.2 Å². The molecule has 0 saturated heterocycles. The number of imidazole rings is 1. The Morgan fingerprint density at radius 2 is 2.20 bits per heavy atom. The SMILES string of the molecule is Cc1cn2c(C(=O)NCc3ccc4c(c3)C(C)(C)CO4)c(C)nc2s1. The summed E-state index contributed by atoms with van der Waals surface area (Å²) in [5.41, 5.74) is 3.66. The summed E-state index contributed by atoms with van der Waals surface area (Å²) in [7, 11) is 0. The average molecular weight is 355 g/mol. The van der Waals surface area contributed by atoms with Crippen LogP contribution in [0.2, 0.25) is 0 Å². The summed E-state index contributed by atoms with van der Waals surface area (Å²) in [5.74, 6) is 0.848. The van der Waals surface area contributed by atoms with Gasteiger partial charge in [0.05, 0.1) is 12.3 Å². The van der Waals surface area contributed by atoms with Crippen molar-refractivity contribution in [2.24, 2.45) is 0 Å². The van der Waals surface area contributed by atoms with Gasteiger partial charge in [0.1, 0.15) is 11.4 Å². The molecule has 0 unspecified atom stereocenters. The highest BCUT2D eigenvalue weighted by Gasteiger charge is 2.31. The summed E-state index contributed by atoms with van der Waals surface area (Å²) >= 11 is 1.59. The summed E-state index contributed by atoms with van der Waals surface area (Å²) in [5, 5.41) is 3.03. The largest absolute Gasteiger partial charge is 0.492 e. The quantitative estimate of drug-likeness (QED) is 0.781. The molecular weight excluding hydrogens is 334 g/mol. The van der Waals surface area contributed by atoms with Crippen molar-refractivity contribution in [1.29, 1.82) is 0 Å². The molecule has 1 aromatic carbocycles. The molecule has 0 atom stereocenters. The molecule has 4 rings (SSSR count). The van der Waals surface area contributed by atoms with Gasteiger partial charge in [-0.15, -0.1) is 11.3 Å². The third-order valence-electron chi connectivity index (χ3n) is 4.65. The fourth-order valence-corrected chi connectivity index (χ4v) is 4.15. The van der Waals surface area contributed by atoms with Crippen molar-refractivity contribution in [3.8, 4) is 5.75 Å². The van der Waals surface area contributed by atoms with Crippen LogP contribution in [0.3, 0.4) is 0 Å². The molecule has 1 N–H and O–H groups in total. The second-order valence-corrected chi connectivity index (χ2v) is 8.44. The van der Waals surface area contributed by atoms with Crippen LogP contribution in [-0.2, 0) is 12.0 Å². The standard InChI is InChI=1S/C19H21N3O2S/c1-11-9-22-16(12(2)21-18(22)25-11)17(23)20-8-13-5-6-15-14(7-13)19(3,4)10-24-15/h5-7,9H,8,10H2,1-4H3,(H,20,23). The van der Waals surface area contributed by atoms with Gasteiger partial charge in [-0.05, 0) is 31.5 Å². The van der Waals surface area contributed by atoms with E-state index in [0.29, 0.717) is 18.8 Å². The van der Waals surface area contributed by atoms with Gasteiger partial charge < -0.3 is 10.1 Å². The monoisotopic (exact) mass is 355 g/mol. The van der Waals surface area contributed by atoms with Crippen LogP contribution in [0.4, 0.5) is 0 Å². The van der Waals surface area contributed by atoms with E-state index < -0.39 is 0 Å². The number of carbonyl (C=O) groups excluding carboxylic acids is 1. The summed E-state index contributed by atoms with van der Waals surface area (Å²) in [6.45, 7) is 9.42. The Labute approximate surface area is 150 Å². The highest BCUT2D eigenvalue weighted by Crippen LogP contribution is 2.38. The first-order valence-corrected chi connectivity index (χ1v) is 9.16. The smallest absolute Gasteiger partial charge is 0.270 e. The van der Waals surface area contributed by atoms with E-state index >= 15 is 0 Å². The molecule has 5 nitrogen and oxygen atoms in total. The first-order valence-electron chi connectivity index (χ1n) is 8.35. The van der Waals surface area contributed by atoms with Gasteiger partial charge in [-0.1, -0.05) is 19.9 Å². The highest BCUT2D eigenvalue weighted by atomic mass is 32.1. The summed E-state index contributed by atoms with van der Waals surface area (Å²) in [6.07, 6.45) is 1.96. The molecule has 0 saturated carbocycles. The second-order valence-electron chi connectivity index (χ2n) is 7.23. The van der Waals surface area contributed by atoms with E-state index in [4.69, 9.17) is 4.74 Å². The van der Waals surface area contributed by atoms with Crippen molar-refractivity contribution in [3.05, 3.63) is 51.8 Å². The number of carbonyl (C=O) groups is 1. The number of fused-ring (bicyclic) bond motifs is 2. The Kier molecular flexibility index (Phi) is 3.61. The number of hydrogen-bond acceptors (Lipinski definition) is 4. The molecule has 25 heavy (non-hydrogen) atoms. The van der Waals surface area contributed by atoms with Crippen LogP contribution in [-0.4, -0.2) is 21.9 Å². The van der Waals surface area contributed by atoms with Crippen LogP contribution in [0, 0.1) is 13.8 Å². The van der Waals surface area contributed by atoms with Gasteiger partial charge in [0.15, 0.2) is 4.96 Å². The van der Waals surface area contributed by atoms with Crippen LogP contribution in [0.15, 0.2) is 24.4 Å². The Morgan fingerprint density at radius 3 is 3.00 bits per heavy atom. The van der Waals surface area contributed by atoms with Gasteiger partial charge in [-0.25, -0.2) is 4.98 Å².